The molecule has 3 rings (SSSR count). The first kappa shape index (κ1) is 22.3. The third kappa shape index (κ3) is 6.27. The molecule has 0 radical (unpaired) electrons. The van der Waals surface area contributed by atoms with Crippen LogP contribution in [0.25, 0.3) is 0 Å². The van der Waals surface area contributed by atoms with Crippen LogP contribution in [0, 0.1) is 17.6 Å². The molecule has 5 heteroatoms. The lowest BCUT2D eigenvalue weighted by Crippen LogP contribution is -2.32. The zero-order chi connectivity index (χ0) is 21.0. The first-order valence-corrected chi connectivity index (χ1v) is 11.4. The average Bonchev–Trinajstić information content (AvgIpc) is 2.65. The molecule has 0 amide bonds. The Morgan fingerprint density at radius 3 is 2.52 bits per heavy atom. The first-order chi connectivity index (χ1) is 13.8. The van der Waals surface area contributed by atoms with Gasteiger partial charge in [-0.05, 0) is 71.7 Å². The van der Waals surface area contributed by atoms with E-state index in [1.54, 1.807) is 0 Å². The van der Waals surface area contributed by atoms with Crippen LogP contribution in [-0.4, -0.2) is 23.5 Å². The Labute approximate surface area is 177 Å². The normalized spacial score (nSPS) is 18.5. The lowest BCUT2D eigenvalue weighted by molar-refractivity contribution is 0.149. The third-order valence-corrected chi connectivity index (χ3v) is 6.56. The number of thioether (sulfide) groups is 1. The van der Waals surface area contributed by atoms with E-state index in [1.807, 2.05) is 18.7 Å². The second-order valence-corrected chi connectivity index (χ2v) is 9.70. The summed E-state index contributed by atoms with van der Waals surface area (Å²) in [5, 5.41) is 14.0. The molecule has 2 aromatic carbocycles. The van der Waals surface area contributed by atoms with Gasteiger partial charge in [-0.1, -0.05) is 32.9 Å². The maximum absolute atomic E-state index is 13.5. The summed E-state index contributed by atoms with van der Waals surface area (Å²) in [6, 6.07) is 10.6. The molecule has 0 aromatic heterocycles. The molecule has 0 spiro atoms. The molecule has 1 heterocycles. The number of aliphatic hydroxyl groups excluding tert-OH is 1. The molecule has 0 fully saturated rings. The fraction of sp³-hybridized carbons (Fsp3) is 0.500. The van der Waals surface area contributed by atoms with Crippen molar-refractivity contribution in [2.45, 2.75) is 63.0 Å². The molecule has 0 aliphatic carbocycles. The van der Waals surface area contributed by atoms with Crippen molar-refractivity contribution < 1.29 is 13.9 Å². The van der Waals surface area contributed by atoms with E-state index in [9.17, 15) is 13.9 Å². The Kier molecular flexibility index (Phi) is 7.72. The van der Waals surface area contributed by atoms with E-state index < -0.39 is 17.7 Å². The minimum absolute atomic E-state index is 0.121. The van der Waals surface area contributed by atoms with Crippen molar-refractivity contribution in [2.24, 2.45) is 5.92 Å². The highest BCUT2D eigenvalue weighted by molar-refractivity contribution is 7.99. The largest absolute Gasteiger partial charge is 0.392 e. The monoisotopic (exact) mass is 419 g/mol. The van der Waals surface area contributed by atoms with E-state index in [-0.39, 0.29) is 12.0 Å². The van der Waals surface area contributed by atoms with Crippen LogP contribution >= 0.6 is 11.8 Å². The number of fused-ring (bicyclic) bond motifs is 1. The van der Waals surface area contributed by atoms with Gasteiger partial charge in [-0.2, -0.15) is 0 Å². The van der Waals surface area contributed by atoms with E-state index in [2.05, 4.69) is 37.4 Å². The highest BCUT2D eigenvalue weighted by Crippen LogP contribution is 2.37. The molecular weight excluding hydrogens is 388 g/mol. The number of benzene rings is 2. The Bertz CT molecular complexity index is 806. The van der Waals surface area contributed by atoms with Gasteiger partial charge in [-0.3, -0.25) is 0 Å². The highest BCUT2D eigenvalue weighted by Gasteiger charge is 2.22. The summed E-state index contributed by atoms with van der Waals surface area (Å²) in [6.45, 7) is 6.81. The van der Waals surface area contributed by atoms with Crippen LogP contribution < -0.4 is 5.32 Å². The summed E-state index contributed by atoms with van der Waals surface area (Å²) >= 11 is 1.89. The molecule has 3 unspecified atom stereocenters. The van der Waals surface area contributed by atoms with E-state index in [0.717, 1.165) is 24.7 Å². The van der Waals surface area contributed by atoms with Gasteiger partial charge in [0.15, 0.2) is 0 Å². The SMILES string of the molecule is CC(C)Cc1ccc2c(c1)C(NCC(O)CC(C)c1cc(F)cc(F)c1)CCS2. The molecule has 2 nitrogen and oxygen atoms in total. The van der Waals surface area contributed by atoms with E-state index in [0.29, 0.717) is 24.4 Å². The predicted molar refractivity (Wildman–Crippen MR) is 116 cm³/mol. The standard InChI is InChI=1S/C24H31F2NOS/c1-15(2)8-17-4-5-24-22(10-17)23(6-7-29-24)27-14-21(28)9-16(3)18-11-19(25)13-20(26)12-18/h4-5,10-13,15-16,21,23,27-28H,6-9,14H2,1-3H3. The molecular formula is C24H31F2NOS. The lowest BCUT2D eigenvalue weighted by Gasteiger charge is -2.28. The summed E-state index contributed by atoms with van der Waals surface area (Å²) in [7, 11) is 0. The van der Waals surface area contributed by atoms with E-state index in [4.69, 9.17) is 0 Å². The topological polar surface area (TPSA) is 32.3 Å². The van der Waals surface area contributed by atoms with E-state index >= 15 is 0 Å². The number of halogens is 2. The van der Waals surface area contributed by atoms with Crippen LogP contribution in [0.4, 0.5) is 8.78 Å². The summed E-state index contributed by atoms with van der Waals surface area (Å²) in [6.07, 6.45) is 1.97. The summed E-state index contributed by atoms with van der Waals surface area (Å²) in [5.41, 5.74) is 3.27. The predicted octanol–water partition coefficient (Wildman–Crippen LogP) is 5.84. The van der Waals surface area contributed by atoms with Crippen molar-refractivity contribution in [1.82, 2.24) is 5.32 Å². The number of rotatable bonds is 8. The Balaban J connectivity index is 1.60. The van der Waals surface area contributed by atoms with Gasteiger partial charge in [0.2, 0.25) is 0 Å². The zero-order valence-electron chi connectivity index (χ0n) is 17.4. The van der Waals surface area contributed by atoms with Gasteiger partial charge in [-0.25, -0.2) is 8.78 Å². The van der Waals surface area contributed by atoms with Crippen molar-refractivity contribution in [3.63, 3.8) is 0 Å². The van der Waals surface area contributed by atoms with Gasteiger partial charge in [0.25, 0.3) is 0 Å². The van der Waals surface area contributed by atoms with Gasteiger partial charge < -0.3 is 10.4 Å². The molecule has 0 saturated heterocycles. The molecule has 158 valence electrons. The molecule has 3 atom stereocenters. The maximum atomic E-state index is 13.5. The van der Waals surface area contributed by atoms with Crippen molar-refractivity contribution in [3.8, 4) is 0 Å². The average molecular weight is 420 g/mol. The fourth-order valence-electron chi connectivity index (χ4n) is 4.02. The Morgan fingerprint density at radius 1 is 1.10 bits per heavy atom. The highest BCUT2D eigenvalue weighted by atomic mass is 32.2. The van der Waals surface area contributed by atoms with Crippen LogP contribution in [0.15, 0.2) is 41.3 Å². The van der Waals surface area contributed by atoms with Crippen molar-refractivity contribution >= 4 is 11.8 Å². The molecule has 2 aromatic rings. The second-order valence-electron chi connectivity index (χ2n) is 8.56. The maximum Gasteiger partial charge on any atom is 0.126 e. The summed E-state index contributed by atoms with van der Waals surface area (Å²) < 4.78 is 26.9. The van der Waals surface area contributed by atoms with Crippen molar-refractivity contribution in [2.75, 3.05) is 12.3 Å². The minimum Gasteiger partial charge on any atom is -0.392 e. The molecule has 29 heavy (non-hydrogen) atoms. The smallest absolute Gasteiger partial charge is 0.126 e. The van der Waals surface area contributed by atoms with Gasteiger partial charge in [0.1, 0.15) is 11.6 Å². The molecule has 0 bridgehead atoms. The summed E-state index contributed by atoms with van der Waals surface area (Å²) in [5.74, 6) is 0.403. The zero-order valence-corrected chi connectivity index (χ0v) is 18.2. The van der Waals surface area contributed by atoms with Crippen molar-refractivity contribution in [3.05, 3.63) is 64.7 Å². The first-order valence-electron chi connectivity index (χ1n) is 10.4. The Hall–Kier alpha value is -1.43. The number of aliphatic hydroxyl groups is 1. The number of hydrogen-bond acceptors (Lipinski definition) is 3. The molecule has 0 saturated carbocycles. The molecule has 1 aliphatic rings. The lowest BCUT2D eigenvalue weighted by atomic mass is 9.94. The molecule has 2 N–H and O–H groups in total. The van der Waals surface area contributed by atoms with Gasteiger partial charge in [0.05, 0.1) is 6.10 Å². The quantitative estimate of drug-likeness (QED) is 0.563. The Morgan fingerprint density at radius 2 is 1.83 bits per heavy atom. The minimum atomic E-state index is -0.576. The fourth-order valence-corrected chi connectivity index (χ4v) is 5.13. The van der Waals surface area contributed by atoms with Crippen LogP contribution in [0.3, 0.4) is 0 Å². The second kappa shape index (κ2) is 10.1. The van der Waals surface area contributed by atoms with Gasteiger partial charge in [-0.15, -0.1) is 11.8 Å². The van der Waals surface area contributed by atoms with Gasteiger partial charge in [0, 0.05) is 23.5 Å². The van der Waals surface area contributed by atoms with Crippen molar-refractivity contribution in [1.29, 1.82) is 0 Å². The van der Waals surface area contributed by atoms with Crippen LogP contribution in [0.2, 0.25) is 0 Å². The number of hydrogen-bond donors (Lipinski definition) is 2. The van der Waals surface area contributed by atoms with E-state index in [1.165, 1.54) is 28.2 Å². The number of nitrogens with one attached hydrogen (secondary N) is 1. The van der Waals surface area contributed by atoms with Crippen LogP contribution in [0.5, 0.6) is 0 Å². The van der Waals surface area contributed by atoms with Gasteiger partial charge >= 0.3 is 0 Å². The van der Waals surface area contributed by atoms with Crippen LogP contribution in [-0.2, 0) is 6.42 Å². The molecule has 1 aliphatic heterocycles. The summed E-state index contributed by atoms with van der Waals surface area (Å²) in [4.78, 5) is 1.32. The van der Waals surface area contributed by atoms with Crippen LogP contribution in [0.1, 0.15) is 62.3 Å². The third-order valence-electron chi connectivity index (χ3n) is 5.44.